The number of fused-ring (bicyclic) bond motifs is 1. The molecule has 3 atom stereocenters. The standard InChI is InChI=1S/C30H41F5N6O4Si/c1-18(36-24(42)10-12-30(33,34)35)20-8-9-23-22(15-20)37-27(41(23)17-44-13-14-46(3,4)5)26(21-7-6-11-29(31,32)16-21)38-28(43)25-19(2)39-45-40-25/h8-9,15,18,21,26H,6-7,10-14,16-17H2,1-5H3,(H,36,42)(H,38,43)/t18-,21-,26?/m1/s1. The van der Waals surface area contributed by atoms with Gasteiger partial charge in [-0.15, -0.1) is 0 Å². The topological polar surface area (TPSA) is 124 Å². The molecule has 2 N–H and O–H groups in total. The fraction of sp³-hybridized carbons (Fsp3) is 0.633. The summed E-state index contributed by atoms with van der Waals surface area (Å²) in [5.41, 5.74) is 1.79. The van der Waals surface area contributed by atoms with Gasteiger partial charge in [-0.2, -0.15) is 13.2 Å². The number of amides is 2. The van der Waals surface area contributed by atoms with Gasteiger partial charge in [-0.3, -0.25) is 9.59 Å². The maximum atomic E-state index is 14.7. The van der Waals surface area contributed by atoms with E-state index in [-0.39, 0.29) is 31.0 Å². The van der Waals surface area contributed by atoms with Gasteiger partial charge >= 0.3 is 6.18 Å². The van der Waals surface area contributed by atoms with Crippen LogP contribution >= 0.6 is 0 Å². The summed E-state index contributed by atoms with van der Waals surface area (Å²) >= 11 is 0. The van der Waals surface area contributed by atoms with Gasteiger partial charge in [0.15, 0.2) is 5.69 Å². The quantitative estimate of drug-likeness (QED) is 0.116. The van der Waals surface area contributed by atoms with Gasteiger partial charge in [0.2, 0.25) is 11.8 Å². The molecule has 1 fully saturated rings. The molecular formula is C30H41F5N6O4Si. The van der Waals surface area contributed by atoms with Crippen molar-refractivity contribution in [3.63, 3.8) is 0 Å². The number of carbonyl (C=O) groups is 2. The van der Waals surface area contributed by atoms with Crippen molar-refractivity contribution in [3.05, 3.63) is 41.0 Å². The minimum absolute atomic E-state index is 0.0411. The van der Waals surface area contributed by atoms with Gasteiger partial charge in [0.05, 0.1) is 29.5 Å². The molecule has 2 aromatic heterocycles. The number of imidazole rings is 1. The van der Waals surface area contributed by atoms with Crippen molar-refractivity contribution in [2.24, 2.45) is 5.92 Å². The Kier molecular flexibility index (Phi) is 10.9. The first-order chi connectivity index (χ1) is 21.4. The molecule has 46 heavy (non-hydrogen) atoms. The fourth-order valence-electron chi connectivity index (χ4n) is 5.53. The summed E-state index contributed by atoms with van der Waals surface area (Å²) in [6.07, 6.45) is -6.40. The molecule has 0 saturated heterocycles. The number of aromatic nitrogens is 4. The summed E-state index contributed by atoms with van der Waals surface area (Å²) in [7, 11) is -1.43. The minimum atomic E-state index is -4.45. The molecule has 2 heterocycles. The molecule has 1 unspecified atom stereocenters. The lowest BCUT2D eigenvalue weighted by molar-refractivity contribution is -0.144. The van der Waals surface area contributed by atoms with Crippen LogP contribution in [0.5, 0.6) is 0 Å². The predicted octanol–water partition coefficient (Wildman–Crippen LogP) is 6.86. The van der Waals surface area contributed by atoms with Crippen LogP contribution in [0.1, 0.15) is 85.1 Å². The Balaban J connectivity index is 1.71. The zero-order valence-electron chi connectivity index (χ0n) is 26.6. The fourth-order valence-corrected chi connectivity index (χ4v) is 6.29. The molecule has 254 valence electrons. The Morgan fingerprint density at radius 3 is 2.57 bits per heavy atom. The van der Waals surface area contributed by atoms with Crippen LogP contribution in [-0.4, -0.2) is 58.5 Å². The molecular weight excluding hydrogens is 631 g/mol. The molecule has 0 bridgehead atoms. The second-order valence-electron chi connectivity index (χ2n) is 13.3. The van der Waals surface area contributed by atoms with E-state index in [0.717, 1.165) is 6.04 Å². The van der Waals surface area contributed by atoms with E-state index < -0.39 is 69.3 Å². The van der Waals surface area contributed by atoms with Crippen LogP contribution < -0.4 is 10.6 Å². The van der Waals surface area contributed by atoms with Crippen molar-refractivity contribution in [1.29, 1.82) is 0 Å². The van der Waals surface area contributed by atoms with Crippen LogP contribution in [-0.2, 0) is 16.3 Å². The number of halogens is 5. The average molecular weight is 673 g/mol. The van der Waals surface area contributed by atoms with Crippen LogP contribution in [0.4, 0.5) is 22.0 Å². The number of hydrogen-bond acceptors (Lipinski definition) is 7. The molecule has 16 heteroatoms. The number of ether oxygens (including phenoxy) is 1. The van der Waals surface area contributed by atoms with Crippen LogP contribution in [0, 0.1) is 12.8 Å². The molecule has 10 nitrogen and oxygen atoms in total. The van der Waals surface area contributed by atoms with Crippen molar-refractivity contribution < 1.29 is 40.9 Å². The van der Waals surface area contributed by atoms with Crippen LogP contribution in [0.15, 0.2) is 22.8 Å². The number of nitrogens with zero attached hydrogens (tertiary/aromatic N) is 4. The molecule has 0 aliphatic heterocycles. The Hall–Kier alpha value is -3.40. The van der Waals surface area contributed by atoms with Gasteiger partial charge in [-0.1, -0.05) is 30.9 Å². The number of alkyl halides is 5. The van der Waals surface area contributed by atoms with Gasteiger partial charge in [-0.05, 0) is 61.5 Å². The Labute approximate surface area is 264 Å². The molecule has 1 aliphatic carbocycles. The second kappa shape index (κ2) is 14.2. The lowest BCUT2D eigenvalue weighted by atomic mass is 9.81. The van der Waals surface area contributed by atoms with E-state index in [4.69, 9.17) is 9.72 Å². The van der Waals surface area contributed by atoms with E-state index in [9.17, 15) is 31.5 Å². The van der Waals surface area contributed by atoms with Crippen LogP contribution in [0.2, 0.25) is 25.7 Å². The van der Waals surface area contributed by atoms with E-state index in [1.54, 1.807) is 36.6 Å². The first-order valence-electron chi connectivity index (χ1n) is 15.3. The largest absolute Gasteiger partial charge is 0.389 e. The first kappa shape index (κ1) is 35.5. The number of aryl methyl sites for hydroxylation is 1. The smallest absolute Gasteiger partial charge is 0.361 e. The van der Waals surface area contributed by atoms with Gasteiger partial charge in [0.1, 0.15) is 18.2 Å². The van der Waals surface area contributed by atoms with Crippen LogP contribution in [0.25, 0.3) is 11.0 Å². The van der Waals surface area contributed by atoms with Crippen molar-refractivity contribution >= 4 is 30.9 Å². The molecule has 1 aliphatic rings. The van der Waals surface area contributed by atoms with Gasteiger partial charge in [0, 0.05) is 33.9 Å². The summed E-state index contributed by atoms with van der Waals surface area (Å²) in [4.78, 5) is 30.4. The second-order valence-corrected chi connectivity index (χ2v) is 18.9. The number of carbonyl (C=O) groups excluding carboxylic acids is 2. The van der Waals surface area contributed by atoms with Crippen molar-refractivity contribution in [3.8, 4) is 0 Å². The average Bonchev–Trinajstić information content (AvgIpc) is 3.54. The zero-order chi connectivity index (χ0) is 33.9. The SMILES string of the molecule is Cc1nonc1C(=O)NC(c1nc2cc([C@@H](C)NC(=O)CCC(F)(F)F)ccc2n1COCC[Si](C)(C)C)[C@@H]1CCCC(F)(F)C1. The summed E-state index contributed by atoms with van der Waals surface area (Å²) in [5.74, 6) is -4.67. The molecule has 0 radical (unpaired) electrons. The molecule has 1 aromatic carbocycles. The number of hydrogen-bond donors (Lipinski definition) is 2. The molecule has 3 aromatic rings. The summed E-state index contributed by atoms with van der Waals surface area (Å²) in [6.45, 7) is 10.3. The summed E-state index contributed by atoms with van der Waals surface area (Å²) < 4.78 is 79.8. The molecule has 1 saturated carbocycles. The maximum absolute atomic E-state index is 14.7. The predicted molar refractivity (Wildman–Crippen MR) is 162 cm³/mol. The summed E-state index contributed by atoms with van der Waals surface area (Å²) in [5, 5.41) is 12.8. The highest BCUT2D eigenvalue weighted by Gasteiger charge is 2.42. The highest BCUT2D eigenvalue weighted by atomic mass is 28.3. The highest BCUT2D eigenvalue weighted by molar-refractivity contribution is 6.76. The van der Waals surface area contributed by atoms with Crippen molar-refractivity contribution in [2.45, 2.75) is 109 Å². The monoisotopic (exact) mass is 672 g/mol. The Morgan fingerprint density at radius 1 is 1.20 bits per heavy atom. The van der Waals surface area contributed by atoms with Gasteiger partial charge in [0.25, 0.3) is 5.91 Å². The third-order valence-electron chi connectivity index (χ3n) is 8.11. The van der Waals surface area contributed by atoms with Crippen molar-refractivity contribution in [1.82, 2.24) is 30.5 Å². The van der Waals surface area contributed by atoms with Crippen molar-refractivity contribution in [2.75, 3.05) is 6.61 Å². The third-order valence-corrected chi connectivity index (χ3v) is 9.82. The van der Waals surface area contributed by atoms with Crippen LogP contribution in [0.3, 0.4) is 0 Å². The lowest BCUT2D eigenvalue weighted by Gasteiger charge is -2.34. The number of rotatable bonds is 13. The Morgan fingerprint density at radius 2 is 1.93 bits per heavy atom. The number of benzene rings is 1. The maximum Gasteiger partial charge on any atom is 0.389 e. The van der Waals surface area contributed by atoms with E-state index in [0.29, 0.717) is 35.4 Å². The van der Waals surface area contributed by atoms with E-state index in [1.807, 2.05) is 0 Å². The highest BCUT2D eigenvalue weighted by Crippen LogP contribution is 2.43. The van der Waals surface area contributed by atoms with E-state index in [2.05, 4.69) is 45.2 Å². The van der Waals surface area contributed by atoms with E-state index in [1.165, 1.54) is 0 Å². The van der Waals surface area contributed by atoms with Gasteiger partial charge < -0.3 is 19.9 Å². The Bertz CT molecular complexity index is 1520. The van der Waals surface area contributed by atoms with E-state index >= 15 is 0 Å². The minimum Gasteiger partial charge on any atom is -0.361 e. The zero-order valence-corrected chi connectivity index (χ0v) is 27.6. The lowest BCUT2D eigenvalue weighted by Crippen LogP contribution is -2.40. The third kappa shape index (κ3) is 9.56. The normalized spacial score (nSPS) is 18.3. The molecule has 4 rings (SSSR count). The van der Waals surface area contributed by atoms with Gasteiger partial charge in [-0.25, -0.2) is 18.4 Å². The molecule has 2 amide bonds. The molecule has 0 spiro atoms. The number of nitrogens with one attached hydrogen (secondary N) is 2. The summed E-state index contributed by atoms with van der Waals surface area (Å²) in [6, 6.07) is 4.44. The first-order valence-corrected chi connectivity index (χ1v) is 19.0.